The molecule has 1 aromatic carbocycles. The Kier molecular flexibility index (Phi) is 4.57. The number of anilines is 1. The average molecular weight is 354 g/mol. The van der Waals surface area contributed by atoms with Gasteiger partial charge in [0.15, 0.2) is 0 Å². The number of methoxy groups -OCH3 is 1. The predicted octanol–water partition coefficient (Wildman–Crippen LogP) is 3.86. The lowest BCUT2D eigenvalue weighted by molar-refractivity contribution is 0.0602. The molecule has 6 heteroatoms. The van der Waals surface area contributed by atoms with Crippen molar-refractivity contribution in [1.29, 1.82) is 0 Å². The third kappa shape index (κ3) is 3.26. The van der Waals surface area contributed by atoms with Gasteiger partial charge in [-0.05, 0) is 37.3 Å². The number of halogens is 1. The number of aryl methyl sites for hydroxylation is 1. The van der Waals surface area contributed by atoms with Gasteiger partial charge in [-0.2, -0.15) is 0 Å². The van der Waals surface area contributed by atoms with Gasteiger partial charge in [0.05, 0.1) is 12.7 Å². The number of carbonyl (C=O) groups excluding carboxylic acids is 2. The lowest BCUT2D eigenvalue weighted by Gasteiger charge is -2.05. The summed E-state index contributed by atoms with van der Waals surface area (Å²) in [4.78, 5) is 24.7. The van der Waals surface area contributed by atoms with Crippen LogP contribution in [0.15, 0.2) is 34.8 Å². The van der Waals surface area contributed by atoms with Crippen LogP contribution in [0.3, 0.4) is 0 Å². The van der Waals surface area contributed by atoms with Gasteiger partial charge in [-0.15, -0.1) is 11.3 Å². The molecule has 0 aliphatic carbocycles. The molecular formula is C14H12BrNO3S. The molecule has 1 amide bonds. The van der Waals surface area contributed by atoms with Gasteiger partial charge >= 0.3 is 5.97 Å². The van der Waals surface area contributed by atoms with Crippen molar-refractivity contribution in [2.75, 3.05) is 12.4 Å². The van der Waals surface area contributed by atoms with Crippen LogP contribution in [0, 0.1) is 6.92 Å². The van der Waals surface area contributed by atoms with Crippen molar-refractivity contribution in [3.63, 3.8) is 0 Å². The standard InChI is InChI=1S/C14H12BrNO3S/c1-8-7-11(14(18)19-2)13(20-8)16-12(17)9-3-5-10(15)6-4-9/h3-7H,1-2H3,(H,16,17). The van der Waals surface area contributed by atoms with Crippen LogP contribution >= 0.6 is 27.3 Å². The summed E-state index contributed by atoms with van der Waals surface area (Å²) in [5.41, 5.74) is 0.899. The molecule has 2 aromatic rings. The Morgan fingerprint density at radius 1 is 1.25 bits per heavy atom. The summed E-state index contributed by atoms with van der Waals surface area (Å²) >= 11 is 4.66. The maximum absolute atomic E-state index is 12.1. The summed E-state index contributed by atoms with van der Waals surface area (Å²) in [6, 6.07) is 8.69. The average Bonchev–Trinajstić information content (AvgIpc) is 2.79. The molecule has 0 saturated heterocycles. The largest absolute Gasteiger partial charge is 0.465 e. The second kappa shape index (κ2) is 6.19. The van der Waals surface area contributed by atoms with Crippen molar-refractivity contribution in [3.8, 4) is 0 Å². The molecule has 0 spiro atoms. The predicted molar refractivity (Wildman–Crippen MR) is 82.5 cm³/mol. The van der Waals surface area contributed by atoms with Gasteiger partial charge in [0.2, 0.25) is 0 Å². The monoisotopic (exact) mass is 353 g/mol. The molecule has 20 heavy (non-hydrogen) atoms. The highest BCUT2D eigenvalue weighted by atomic mass is 79.9. The number of esters is 1. The molecule has 0 aliphatic rings. The summed E-state index contributed by atoms with van der Waals surface area (Å²) in [5, 5.41) is 3.25. The molecule has 1 aromatic heterocycles. The number of carbonyl (C=O) groups is 2. The number of ether oxygens (including phenoxy) is 1. The fourth-order valence-electron chi connectivity index (χ4n) is 1.65. The molecule has 0 atom stereocenters. The van der Waals surface area contributed by atoms with Crippen LogP contribution in [0.4, 0.5) is 5.00 Å². The molecule has 4 nitrogen and oxygen atoms in total. The van der Waals surface area contributed by atoms with Crippen molar-refractivity contribution in [2.24, 2.45) is 0 Å². The third-order valence-electron chi connectivity index (χ3n) is 2.59. The first-order valence-corrected chi connectivity index (χ1v) is 7.38. The molecule has 0 unspecified atom stereocenters. The van der Waals surface area contributed by atoms with Gasteiger partial charge < -0.3 is 10.1 Å². The topological polar surface area (TPSA) is 55.4 Å². The van der Waals surface area contributed by atoms with E-state index in [1.807, 2.05) is 6.92 Å². The molecule has 2 rings (SSSR count). The van der Waals surface area contributed by atoms with Crippen LogP contribution in [0.25, 0.3) is 0 Å². The number of hydrogen-bond acceptors (Lipinski definition) is 4. The van der Waals surface area contributed by atoms with E-state index in [2.05, 4.69) is 21.2 Å². The van der Waals surface area contributed by atoms with Crippen LogP contribution in [0.2, 0.25) is 0 Å². The van der Waals surface area contributed by atoms with Gasteiger partial charge in [0, 0.05) is 14.9 Å². The van der Waals surface area contributed by atoms with E-state index in [9.17, 15) is 9.59 Å². The number of nitrogens with one attached hydrogen (secondary N) is 1. The zero-order chi connectivity index (χ0) is 14.7. The molecule has 0 bridgehead atoms. The van der Waals surface area contributed by atoms with Crippen LogP contribution < -0.4 is 5.32 Å². The Hall–Kier alpha value is -1.66. The van der Waals surface area contributed by atoms with Gasteiger partial charge in [0.1, 0.15) is 5.00 Å². The van der Waals surface area contributed by atoms with Crippen LogP contribution in [0.5, 0.6) is 0 Å². The Bertz CT molecular complexity index is 649. The van der Waals surface area contributed by atoms with Crippen molar-refractivity contribution < 1.29 is 14.3 Å². The smallest absolute Gasteiger partial charge is 0.340 e. The maximum atomic E-state index is 12.1. The van der Waals surface area contributed by atoms with Gasteiger partial charge in [0.25, 0.3) is 5.91 Å². The van der Waals surface area contributed by atoms with Crippen LogP contribution in [0.1, 0.15) is 25.6 Å². The van der Waals surface area contributed by atoms with Crippen molar-refractivity contribution in [2.45, 2.75) is 6.92 Å². The van der Waals surface area contributed by atoms with E-state index in [0.29, 0.717) is 16.1 Å². The normalized spacial score (nSPS) is 10.2. The van der Waals surface area contributed by atoms with Gasteiger partial charge in [-0.25, -0.2) is 4.79 Å². The van der Waals surface area contributed by atoms with Gasteiger partial charge in [-0.1, -0.05) is 15.9 Å². The van der Waals surface area contributed by atoms with Crippen molar-refractivity contribution >= 4 is 44.1 Å². The van der Waals surface area contributed by atoms with E-state index in [0.717, 1.165) is 9.35 Å². The lowest BCUT2D eigenvalue weighted by atomic mass is 10.2. The summed E-state index contributed by atoms with van der Waals surface area (Å²) < 4.78 is 5.60. The minimum absolute atomic E-state index is 0.260. The molecule has 1 heterocycles. The number of hydrogen-bond donors (Lipinski definition) is 1. The molecule has 104 valence electrons. The van der Waals surface area contributed by atoms with Crippen molar-refractivity contribution in [3.05, 3.63) is 50.8 Å². The van der Waals surface area contributed by atoms with Crippen LogP contribution in [-0.2, 0) is 4.74 Å². The Labute approximate surface area is 128 Å². The summed E-state index contributed by atoms with van der Waals surface area (Å²) in [6.45, 7) is 1.87. The Morgan fingerprint density at radius 2 is 1.90 bits per heavy atom. The van der Waals surface area contributed by atoms with E-state index in [1.54, 1.807) is 30.3 Å². The van der Waals surface area contributed by atoms with E-state index < -0.39 is 5.97 Å². The van der Waals surface area contributed by atoms with E-state index in [1.165, 1.54) is 18.4 Å². The number of amides is 1. The SMILES string of the molecule is COC(=O)c1cc(C)sc1NC(=O)c1ccc(Br)cc1. The lowest BCUT2D eigenvalue weighted by Crippen LogP contribution is -2.13. The van der Waals surface area contributed by atoms with Crippen molar-refractivity contribution in [1.82, 2.24) is 0 Å². The first-order valence-electron chi connectivity index (χ1n) is 5.77. The number of benzene rings is 1. The summed E-state index contributed by atoms with van der Waals surface area (Å²) in [7, 11) is 1.32. The molecule has 0 radical (unpaired) electrons. The minimum atomic E-state index is -0.458. The zero-order valence-corrected chi connectivity index (χ0v) is 13.3. The fourth-order valence-corrected chi connectivity index (χ4v) is 2.80. The number of thiophene rings is 1. The zero-order valence-electron chi connectivity index (χ0n) is 10.9. The second-order valence-corrected chi connectivity index (χ2v) is 6.22. The Balaban J connectivity index is 2.23. The maximum Gasteiger partial charge on any atom is 0.340 e. The first kappa shape index (κ1) is 14.7. The van der Waals surface area contributed by atoms with E-state index in [4.69, 9.17) is 4.74 Å². The highest BCUT2D eigenvalue weighted by Gasteiger charge is 2.17. The molecule has 1 N–H and O–H groups in total. The first-order chi connectivity index (χ1) is 9.51. The van der Waals surface area contributed by atoms with Gasteiger partial charge in [-0.3, -0.25) is 4.79 Å². The fraction of sp³-hybridized carbons (Fsp3) is 0.143. The van der Waals surface area contributed by atoms with Crippen LogP contribution in [-0.4, -0.2) is 19.0 Å². The minimum Gasteiger partial charge on any atom is -0.465 e. The number of rotatable bonds is 3. The summed E-state index contributed by atoms with van der Waals surface area (Å²) in [6.07, 6.45) is 0. The molecule has 0 saturated carbocycles. The molecule has 0 aliphatic heterocycles. The summed E-state index contributed by atoms with van der Waals surface area (Å²) in [5.74, 6) is -0.718. The van der Waals surface area contributed by atoms with E-state index >= 15 is 0 Å². The second-order valence-electron chi connectivity index (χ2n) is 4.05. The highest BCUT2D eigenvalue weighted by Crippen LogP contribution is 2.28. The third-order valence-corrected chi connectivity index (χ3v) is 4.09. The molecule has 0 fully saturated rings. The quantitative estimate of drug-likeness (QED) is 0.852. The molecular weight excluding hydrogens is 342 g/mol. The van der Waals surface area contributed by atoms with E-state index in [-0.39, 0.29) is 5.91 Å². The Morgan fingerprint density at radius 3 is 2.50 bits per heavy atom. The highest BCUT2D eigenvalue weighted by molar-refractivity contribution is 9.10.